The summed E-state index contributed by atoms with van der Waals surface area (Å²) in [6, 6.07) is 19.2. The number of aliphatic hydroxyl groups is 1. The number of benzene rings is 2. The van der Waals surface area contributed by atoms with E-state index >= 15 is 0 Å². The van der Waals surface area contributed by atoms with Crippen LogP contribution in [0.4, 0.5) is 11.4 Å². The van der Waals surface area contributed by atoms with Gasteiger partial charge in [0.25, 0.3) is 0 Å². The summed E-state index contributed by atoms with van der Waals surface area (Å²) >= 11 is 0. The lowest BCUT2D eigenvalue weighted by Crippen LogP contribution is -2.05. The summed E-state index contributed by atoms with van der Waals surface area (Å²) < 4.78 is 0. The minimum Gasteiger partial charge on any atom is -0.393 e. The Morgan fingerprint density at radius 3 is 1.69 bits per heavy atom. The number of rotatable bonds is 19. The molecule has 0 aliphatic heterocycles. The highest BCUT2D eigenvalue weighted by atomic mass is 16.3. The van der Waals surface area contributed by atoms with E-state index < -0.39 is 0 Å². The van der Waals surface area contributed by atoms with Crippen molar-refractivity contribution in [3.63, 3.8) is 0 Å². The molecule has 2 nitrogen and oxygen atoms in total. The van der Waals surface area contributed by atoms with Gasteiger partial charge in [0.15, 0.2) is 0 Å². The van der Waals surface area contributed by atoms with Crippen LogP contribution in [0.2, 0.25) is 0 Å². The topological polar surface area (TPSA) is 32.3 Å². The monoisotopic (exact) mass is 437 g/mol. The first-order valence-electron chi connectivity index (χ1n) is 13.4. The number of hydrogen-bond acceptors (Lipinski definition) is 2. The predicted octanol–water partition coefficient (Wildman–Crippen LogP) is 9.21. The third-order valence-corrected chi connectivity index (χ3v) is 6.41. The van der Waals surface area contributed by atoms with Crippen molar-refractivity contribution in [1.29, 1.82) is 0 Å². The van der Waals surface area contributed by atoms with Crippen molar-refractivity contribution >= 4 is 11.4 Å². The third-order valence-electron chi connectivity index (χ3n) is 6.41. The van der Waals surface area contributed by atoms with E-state index in [1.54, 1.807) is 0 Å². The molecular weight excluding hydrogens is 390 g/mol. The minimum absolute atomic E-state index is 0.0598. The molecule has 0 aromatic heterocycles. The van der Waals surface area contributed by atoms with Crippen LogP contribution < -0.4 is 5.32 Å². The zero-order valence-corrected chi connectivity index (χ0v) is 20.5. The van der Waals surface area contributed by atoms with Gasteiger partial charge < -0.3 is 10.4 Å². The van der Waals surface area contributed by atoms with Crippen molar-refractivity contribution in [2.24, 2.45) is 0 Å². The maximum absolute atomic E-state index is 10.1. The fourth-order valence-electron chi connectivity index (χ4n) is 4.34. The molecule has 2 rings (SSSR count). The van der Waals surface area contributed by atoms with Gasteiger partial charge in [-0.25, -0.2) is 0 Å². The second-order valence-corrected chi connectivity index (χ2v) is 9.41. The number of para-hydroxylation sites is 1. The Labute approximate surface area is 197 Å². The van der Waals surface area contributed by atoms with Gasteiger partial charge in [-0.05, 0) is 55.5 Å². The lowest BCUT2D eigenvalue weighted by Gasteiger charge is -2.10. The average Bonchev–Trinajstić information content (AvgIpc) is 2.82. The summed E-state index contributed by atoms with van der Waals surface area (Å²) in [5, 5.41) is 13.6. The molecular formula is C30H47NO. The molecule has 0 saturated heterocycles. The van der Waals surface area contributed by atoms with Crippen LogP contribution in [-0.4, -0.2) is 11.2 Å². The van der Waals surface area contributed by atoms with Crippen molar-refractivity contribution in [3.8, 4) is 0 Å². The molecule has 2 aromatic carbocycles. The van der Waals surface area contributed by atoms with Gasteiger partial charge in [-0.3, -0.25) is 0 Å². The van der Waals surface area contributed by atoms with E-state index in [1.807, 2.05) is 6.07 Å². The number of anilines is 2. The van der Waals surface area contributed by atoms with Crippen LogP contribution >= 0.6 is 0 Å². The van der Waals surface area contributed by atoms with Crippen molar-refractivity contribution in [2.75, 3.05) is 5.32 Å². The molecule has 1 atom stereocenters. The molecule has 0 spiro atoms. The van der Waals surface area contributed by atoms with Crippen LogP contribution in [-0.2, 0) is 6.42 Å². The van der Waals surface area contributed by atoms with Gasteiger partial charge in [-0.2, -0.15) is 0 Å². The highest BCUT2D eigenvalue weighted by Crippen LogP contribution is 2.18. The van der Waals surface area contributed by atoms with Gasteiger partial charge in [0.1, 0.15) is 0 Å². The van der Waals surface area contributed by atoms with E-state index in [1.165, 1.54) is 95.5 Å². The number of aliphatic hydroxyl groups excluding tert-OH is 1. The average molecular weight is 438 g/mol. The highest BCUT2D eigenvalue weighted by molar-refractivity contribution is 5.59. The van der Waals surface area contributed by atoms with Crippen molar-refractivity contribution in [3.05, 3.63) is 60.2 Å². The van der Waals surface area contributed by atoms with E-state index in [-0.39, 0.29) is 6.10 Å². The van der Waals surface area contributed by atoms with Crippen LogP contribution in [0.5, 0.6) is 0 Å². The standard InChI is InChI=1S/C30H47NO/c1-2-3-4-5-10-16-21-30(32)22-17-11-8-6-7-9-13-18-27-23-25-29(26-24-27)31-28-19-14-12-15-20-28/h12,14-15,19-20,23-26,30-32H,2-11,13,16-18,21-22H2,1H3. The van der Waals surface area contributed by atoms with Gasteiger partial charge in [-0.1, -0.05) is 114 Å². The first-order valence-corrected chi connectivity index (χ1v) is 13.4. The maximum atomic E-state index is 10.1. The van der Waals surface area contributed by atoms with E-state index in [0.29, 0.717) is 0 Å². The Hall–Kier alpha value is -1.80. The Morgan fingerprint density at radius 2 is 1.09 bits per heavy atom. The number of unbranched alkanes of at least 4 members (excludes halogenated alkanes) is 11. The lowest BCUT2D eigenvalue weighted by atomic mass is 10.0. The molecule has 2 N–H and O–H groups in total. The predicted molar refractivity (Wildman–Crippen MR) is 141 cm³/mol. The van der Waals surface area contributed by atoms with Crippen molar-refractivity contribution in [1.82, 2.24) is 0 Å². The van der Waals surface area contributed by atoms with Crippen LogP contribution in [0.3, 0.4) is 0 Å². The largest absolute Gasteiger partial charge is 0.393 e. The third kappa shape index (κ3) is 12.9. The van der Waals surface area contributed by atoms with E-state index in [4.69, 9.17) is 0 Å². The summed E-state index contributed by atoms with van der Waals surface area (Å²) in [6.07, 6.45) is 20.1. The maximum Gasteiger partial charge on any atom is 0.0540 e. The van der Waals surface area contributed by atoms with Crippen LogP contribution in [0.15, 0.2) is 54.6 Å². The quantitative estimate of drug-likeness (QED) is 0.215. The van der Waals surface area contributed by atoms with Crippen LogP contribution in [0.1, 0.15) is 109 Å². The molecule has 0 radical (unpaired) electrons. The molecule has 0 fully saturated rings. The first-order chi connectivity index (χ1) is 15.8. The minimum atomic E-state index is -0.0598. The van der Waals surface area contributed by atoms with Gasteiger partial charge in [0, 0.05) is 11.4 Å². The molecule has 0 amide bonds. The summed E-state index contributed by atoms with van der Waals surface area (Å²) in [5.74, 6) is 0. The lowest BCUT2D eigenvalue weighted by molar-refractivity contribution is 0.147. The summed E-state index contributed by atoms with van der Waals surface area (Å²) in [4.78, 5) is 0. The molecule has 0 heterocycles. The second kappa shape index (κ2) is 17.7. The van der Waals surface area contributed by atoms with Crippen molar-refractivity contribution in [2.45, 2.75) is 116 Å². The SMILES string of the molecule is CCCCCCCCC(O)CCCCCCCCCc1ccc(Nc2ccccc2)cc1. The molecule has 2 heteroatoms. The van der Waals surface area contributed by atoms with E-state index in [0.717, 1.165) is 24.2 Å². The van der Waals surface area contributed by atoms with Gasteiger partial charge in [0.2, 0.25) is 0 Å². The number of nitrogens with one attached hydrogen (secondary N) is 1. The van der Waals surface area contributed by atoms with E-state index in [9.17, 15) is 5.11 Å². The Kier molecular flexibility index (Phi) is 14.6. The second-order valence-electron chi connectivity index (χ2n) is 9.41. The molecule has 0 saturated carbocycles. The van der Waals surface area contributed by atoms with Gasteiger partial charge in [0.05, 0.1) is 6.10 Å². The Balaban J connectivity index is 1.40. The molecule has 32 heavy (non-hydrogen) atoms. The highest BCUT2D eigenvalue weighted by Gasteiger charge is 2.04. The fourth-order valence-corrected chi connectivity index (χ4v) is 4.34. The summed E-state index contributed by atoms with van der Waals surface area (Å²) in [7, 11) is 0. The van der Waals surface area contributed by atoms with Crippen molar-refractivity contribution < 1.29 is 5.11 Å². The summed E-state index contributed by atoms with van der Waals surface area (Å²) in [6.45, 7) is 2.26. The smallest absolute Gasteiger partial charge is 0.0540 e. The molecule has 1 unspecified atom stereocenters. The summed E-state index contributed by atoms with van der Waals surface area (Å²) in [5.41, 5.74) is 3.72. The van der Waals surface area contributed by atoms with E-state index in [2.05, 4.69) is 60.8 Å². The van der Waals surface area contributed by atoms with Gasteiger partial charge in [-0.15, -0.1) is 0 Å². The molecule has 178 valence electrons. The van der Waals surface area contributed by atoms with Crippen LogP contribution in [0.25, 0.3) is 0 Å². The zero-order valence-electron chi connectivity index (χ0n) is 20.5. The van der Waals surface area contributed by atoms with Crippen LogP contribution in [0, 0.1) is 0 Å². The molecule has 0 aliphatic carbocycles. The number of aryl methyl sites for hydroxylation is 1. The molecule has 0 bridgehead atoms. The molecule has 2 aromatic rings. The zero-order chi connectivity index (χ0) is 22.7. The normalized spacial score (nSPS) is 12.1. The van der Waals surface area contributed by atoms with Gasteiger partial charge >= 0.3 is 0 Å². The fraction of sp³-hybridized carbons (Fsp3) is 0.600. The Morgan fingerprint density at radius 1 is 0.594 bits per heavy atom. The first kappa shape index (κ1) is 26.5. The Bertz CT molecular complexity index is 667. The number of hydrogen-bond donors (Lipinski definition) is 2. The molecule has 0 aliphatic rings.